The highest BCUT2D eigenvalue weighted by molar-refractivity contribution is 6.04. The fraction of sp³-hybridized carbons (Fsp3) is 0.240. The van der Waals surface area contributed by atoms with E-state index in [1.165, 1.54) is 18.2 Å². The van der Waals surface area contributed by atoms with Crippen LogP contribution in [0.5, 0.6) is 5.75 Å². The van der Waals surface area contributed by atoms with Crippen LogP contribution in [0.15, 0.2) is 79.0 Å². The summed E-state index contributed by atoms with van der Waals surface area (Å²) in [4.78, 5) is 33.2. The molecule has 1 aromatic rings. The van der Waals surface area contributed by atoms with E-state index < -0.39 is 17.8 Å². The Labute approximate surface area is 193 Å². The van der Waals surface area contributed by atoms with Gasteiger partial charge in [0, 0.05) is 31.3 Å². The van der Waals surface area contributed by atoms with Gasteiger partial charge < -0.3 is 14.9 Å². The highest BCUT2D eigenvalue weighted by Gasteiger charge is 2.09. The Morgan fingerprint density at radius 2 is 1.70 bits per heavy atom. The zero-order chi connectivity index (χ0) is 25.2. The molecule has 8 heteroatoms. The van der Waals surface area contributed by atoms with E-state index >= 15 is 0 Å². The lowest BCUT2D eigenvalue weighted by molar-refractivity contribution is -0.134. The number of rotatable bonds is 12. The number of allylic oxidation sites excluding steroid dienone is 4. The van der Waals surface area contributed by atoms with Gasteiger partial charge in [-0.1, -0.05) is 36.0 Å². The van der Waals surface area contributed by atoms with Gasteiger partial charge >= 0.3 is 11.9 Å². The van der Waals surface area contributed by atoms with Gasteiger partial charge in [-0.25, -0.2) is 14.0 Å². The second kappa shape index (κ2) is 16.9. The molecule has 33 heavy (non-hydrogen) atoms. The smallest absolute Gasteiger partial charge is 0.328 e. The number of ketones is 1. The third-order valence-corrected chi connectivity index (χ3v) is 3.62. The molecule has 0 unspecified atom stereocenters. The number of carboxylic acid groups (broad SMARTS) is 2. The molecule has 0 aliphatic carbocycles. The van der Waals surface area contributed by atoms with E-state index in [1.807, 2.05) is 39.1 Å². The monoisotopic (exact) mass is 459 g/mol. The number of likely N-dealkylation sites (N-methyl/N-ethyl adjacent to an activating group) is 1. The lowest BCUT2D eigenvalue weighted by Crippen LogP contribution is -2.17. The molecule has 1 aromatic carbocycles. The van der Waals surface area contributed by atoms with Crippen LogP contribution in [0.1, 0.15) is 24.2 Å². The summed E-state index contributed by atoms with van der Waals surface area (Å²) in [7, 11) is 1.99. The molecule has 178 valence electrons. The Balaban J connectivity index is 0.00000109. The van der Waals surface area contributed by atoms with Gasteiger partial charge in [0.2, 0.25) is 0 Å². The number of ether oxygens (including phenoxy) is 1. The Hall–Kier alpha value is -3.78. The molecule has 0 fully saturated rings. The third kappa shape index (κ3) is 15.6. The van der Waals surface area contributed by atoms with Crippen molar-refractivity contribution in [2.24, 2.45) is 0 Å². The van der Waals surface area contributed by atoms with Crippen molar-refractivity contribution in [2.75, 3.05) is 26.7 Å². The molecule has 0 saturated carbocycles. The van der Waals surface area contributed by atoms with Gasteiger partial charge in [-0.15, -0.1) is 6.58 Å². The predicted molar refractivity (Wildman–Crippen MR) is 126 cm³/mol. The molecule has 0 aromatic heterocycles. The number of hydrogen-bond acceptors (Lipinski definition) is 5. The molecule has 0 amide bonds. The van der Waals surface area contributed by atoms with E-state index in [2.05, 4.69) is 11.5 Å². The van der Waals surface area contributed by atoms with Crippen LogP contribution in [0, 0.1) is 5.82 Å². The van der Waals surface area contributed by atoms with Crippen LogP contribution >= 0.6 is 0 Å². The predicted octanol–water partition coefficient (Wildman–Crippen LogP) is 4.30. The largest absolute Gasteiger partial charge is 0.489 e. The highest BCUT2D eigenvalue weighted by atomic mass is 19.1. The molecule has 0 atom stereocenters. The third-order valence-electron chi connectivity index (χ3n) is 3.62. The minimum absolute atomic E-state index is 0.0346. The SMILES string of the molecule is C=CCN(C)CC=CCOc1ccc(C(=O)C=CC=C(C)C)c(F)c1.O=C(O)C=CC(=O)O. The summed E-state index contributed by atoms with van der Waals surface area (Å²) in [5, 5.41) is 15.6. The Morgan fingerprint density at radius 3 is 2.21 bits per heavy atom. The van der Waals surface area contributed by atoms with Crippen molar-refractivity contribution in [3.05, 3.63) is 90.3 Å². The lowest BCUT2D eigenvalue weighted by atomic mass is 10.1. The van der Waals surface area contributed by atoms with Crippen LogP contribution in [0.25, 0.3) is 0 Å². The second-order valence-electron chi connectivity index (χ2n) is 6.91. The van der Waals surface area contributed by atoms with Gasteiger partial charge in [-0.05, 0) is 39.1 Å². The molecule has 0 saturated heterocycles. The van der Waals surface area contributed by atoms with Crippen molar-refractivity contribution < 1.29 is 33.7 Å². The molecule has 0 bridgehead atoms. The molecular weight excluding hydrogens is 429 g/mol. The second-order valence-corrected chi connectivity index (χ2v) is 6.91. The van der Waals surface area contributed by atoms with Gasteiger partial charge in [0.25, 0.3) is 0 Å². The zero-order valence-electron chi connectivity index (χ0n) is 19.0. The van der Waals surface area contributed by atoms with Crippen LogP contribution in [0.3, 0.4) is 0 Å². The number of halogens is 1. The van der Waals surface area contributed by atoms with Crippen molar-refractivity contribution in [3.63, 3.8) is 0 Å². The zero-order valence-corrected chi connectivity index (χ0v) is 19.0. The fourth-order valence-electron chi connectivity index (χ4n) is 2.11. The number of benzene rings is 1. The van der Waals surface area contributed by atoms with Gasteiger partial charge in [0.1, 0.15) is 18.2 Å². The summed E-state index contributed by atoms with van der Waals surface area (Å²) < 4.78 is 19.5. The van der Waals surface area contributed by atoms with Crippen LogP contribution in [0.2, 0.25) is 0 Å². The Kier molecular flexibility index (Phi) is 14.9. The van der Waals surface area contributed by atoms with Crippen LogP contribution in [-0.2, 0) is 9.59 Å². The summed E-state index contributed by atoms with van der Waals surface area (Å²) in [6.45, 7) is 9.47. The molecule has 0 heterocycles. The first-order valence-electron chi connectivity index (χ1n) is 9.93. The number of nitrogens with zero attached hydrogens (tertiary/aromatic N) is 1. The minimum atomic E-state index is -1.26. The standard InChI is InChI=1S/C21H26FNO2.C4H4O4/c1-5-13-23(4)14-6-7-15-25-18-11-12-19(20(22)16-18)21(24)10-8-9-17(2)3;5-3(6)1-2-4(7)8/h5-12,16H,1,13-15H2,2-4H3;1-2H,(H,5,6)(H,7,8). The maximum atomic E-state index is 14.1. The van der Waals surface area contributed by atoms with E-state index in [9.17, 15) is 18.8 Å². The molecular formula is C25H30FNO6. The number of carboxylic acids is 2. The Bertz CT molecular complexity index is 911. The van der Waals surface area contributed by atoms with Crippen LogP contribution < -0.4 is 4.74 Å². The van der Waals surface area contributed by atoms with E-state index in [4.69, 9.17) is 14.9 Å². The molecule has 0 aliphatic heterocycles. The molecule has 2 N–H and O–H groups in total. The first kappa shape index (κ1) is 29.2. The maximum absolute atomic E-state index is 14.1. The Morgan fingerprint density at radius 1 is 1.06 bits per heavy atom. The minimum Gasteiger partial charge on any atom is -0.489 e. The van der Waals surface area contributed by atoms with E-state index in [0.717, 1.165) is 18.7 Å². The summed E-state index contributed by atoms with van der Waals surface area (Å²) in [6.07, 6.45) is 11.6. The number of hydrogen-bond donors (Lipinski definition) is 2. The molecule has 7 nitrogen and oxygen atoms in total. The van der Waals surface area contributed by atoms with E-state index in [0.29, 0.717) is 24.5 Å². The average Bonchev–Trinajstić information content (AvgIpc) is 2.72. The summed E-state index contributed by atoms with van der Waals surface area (Å²) in [6, 6.07) is 4.28. The van der Waals surface area contributed by atoms with Crippen LogP contribution in [0.4, 0.5) is 4.39 Å². The summed E-state index contributed by atoms with van der Waals surface area (Å²) in [5.41, 5.74) is 1.10. The van der Waals surface area contributed by atoms with Crippen molar-refractivity contribution in [3.8, 4) is 5.75 Å². The van der Waals surface area contributed by atoms with Crippen molar-refractivity contribution in [1.82, 2.24) is 4.90 Å². The lowest BCUT2D eigenvalue weighted by Gasteiger charge is -2.10. The molecule has 0 spiro atoms. The number of carbonyl (C=O) groups is 3. The van der Waals surface area contributed by atoms with E-state index in [1.54, 1.807) is 18.2 Å². The van der Waals surface area contributed by atoms with Gasteiger partial charge in [-0.3, -0.25) is 9.69 Å². The normalized spacial score (nSPS) is 10.8. The van der Waals surface area contributed by atoms with Crippen molar-refractivity contribution in [2.45, 2.75) is 13.8 Å². The average molecular weight is 460 g/mol. The first-order chi connectivity index (χ1) is 15.6. The highest BCUT2D eigenvalue weighted by Crippen LogP contribution is 2.17. The topological polar surface area (TPSA) is 104 Å². The number of aliphatic carboxylic acids is 2. The van der Waals surface area contributed by atoms with Gasteiger partial charge in [0.15, 0.2) is 5.78 Å². The van der Waals surface area contributed by atoms with Crippen molar-refractivity contribution in [1.29, 1.82) is 0 Å². The van der Waals surface area contributed by atoms with Gasteiger partial charge in [0.05, 0.1) is 5.56 Å². The van der Waals surface area contributed by atoms with E-state index in [-0.39, 0.29) is 11.3 Å². The quantitative estimate of drug-likeness (QED) is 0.208. The van der Waals surface area contributed by atoms with Crippen LogP contribution in [-0.4, -0.2) is 59.6 Å². The van der Waals surface area contributed by atoms with Crippen molar-refractivity contribution >= 4 is 17.7 Å². The maximum Gasteiger partial charge on any atom is 0.328 e. The first-order valence-corrected chi connectivity index (χ1v) is 9.93. The summed E-state index contributed by atoms with van der Waals surface area (Å²) >= 11 is 0. The number of carbonyl (C=O) groups excluding carboxylic acids is 1. The summed E-state index contributed by atoms with van der Waals surface area (Å²) in [5.74, 6) is -3.07. The molecule has 0 radical (unpaired) electrons. The molecule has 0 aliphatic rings. The molecule has 1 rings (SSSR count). The fourth-order valence-corrected chi connectivity index (χ4v) is 2.11. The van der Waals surface area contributed by atoms with Gasteiger partial charge in [-0.2, -0.15) is 0 Å².